The molecule has 0 saturated carbocycles. The topological polar surface area (TPSA) is 81.8 Å². The highest BCUT2D eigenvalue weighted by Gasteiger charge is 2.34. The molecule has 0 aromatic heterocycles. The van der Waals surface area contributed by atoms with Crippen LogP contribution in [-0.4, -0.2) is 59.4 Å². The number of anilines is 1. The summed E-state index contributed by atoms with van der Waals surface area (Å²) in [6.45, 7) is 7.05. The molecule has 0 aliphatic carbocycles. The third-order valence-corrected chi connectivity index (χ3v) is 6.25. The van der Waals surface area contributed by atoms with E-state index in [-0.39, 0.29) is 23.8 Å². The summed E-state index contributed by atoms with van der Waals surface area (Å²) in [6, 6.07) is 15.2. The van der Waals surface area contributed by atoms with Crippen LogP contribution in [0.1, 0.15) is 31.1 Å². The van der Waals surface area contributed by atoms with E-state index in [1.54, 1.807) is 28.0 Å². The van der Waals surface area contributed by atoms with Crippen molar-refractivity contribution in [2.24, 2.45) is 5.92 Å². The van der Waals surface area contributed by atoms with Crippen LogP contribution in [0.2, 0.25) is 0 Å². The van der Waals surface area contributed by atoms with Crippen molar-refractivity contribution in [2.45, 2.75) is 32.9 Å². The summed E-state index contributed by atoms with van der Waals surface area (Å²) < 4.78 is 0.760. The predicted molar refractivity (Wildman–Crippen MR) is 128 cm³/mol. The van der Waals surface area contributed by atoms with Gasteiger partial charge in [0.05, 0.1) is 5.69 Å². The standard InChI is InChI=1S/C24H29BrN4O3/c1-16(2)21(27-24(32)26-20-12-8-7-11-19(20)25)23(31)28-13-14-29(17(3)15-28)22(30)18-9-5-4-6-10-18/h4-12,16-17,21H,13-15H2,1-3H3,(H2,26,27,32). The average Bonchev–Trinajstić information content (AvgIpc) is 2.78. The van der Waals surface area contributed by atoms with Crippen LogP contribution in [-0.2, 0) is 4.79 Å². The normalized spacial score (nSPS) is 17.1. The van der Waals surface area contributed by atoms with Gasteiger partial charge in [0.15, 0.2) is 0 Å². The summed E-state index contributed by atoms with van der Waals surface area (Å²) >= 11 is 3.40. The summed E-state index contributed by atoms with van der Waals surface area (Å²) in [4.78, 5) is 42.2. The first-order valence-corrected chi connectivity index (χ1v) is 11.5. The van der Waals surface area contributed by atoms with Crippen LogP contribution >= 0.6 is 15.9 Å². The SMILES string of the molecule is CC(C)C(NC(=O)Nc1ccccc1Br)C(=O)N1CCN(C(=O)c2ccccc2)C(C)C1. The van der Waals surface area contributed by atoms with Gasteiger partial charge in [-0.3, -0.25) is 9.59 Å². The molecule has 32 heavy (non-hydrogen) atoms. The maximum atomic E-state index is 13.3. The molecule has 2 N–H and O–H groups in total. The highest BCUT2D eigenvalue weighted by atomic mass is 79.9. The predicted octanol–water partition coefficient (Wildman–Crippen LogP) is 3.97. The molecule has 1 fully saturated rings. The largest absolute Gasteiger partial charge is 0.337 e. The minimum atomic E-state index is -0.666. The Labute approximate surface area is 197 Å². The molecule has 8 heteroatoms. The fourth-order valence-electron chi connectivity index (χ4n) is 3.78. The molecular weight excluding hydrogens is 472 g/mol. The number of para-hydroxylation sites is 1. The summed E-state index contributed by atoms with van der Waals surface area (Å²) in [7, 11) is 0. The zero-order valence-electron chi connectivity index (χ0n) is 18.5. The first kappa shape index (κ1) is 23.8. The number of halogens is 1. The van der Waals surface area contributed by atoms with Crippen molar-refractivity contribution in [1.82, 2.24) is 15.1 Å². The van der Waals surface area contributed by atoms with E-state index in [0.29, 0.717) is 30.9 Å². The van der Waals surface area contributed by atoms with E-state index >= 15 is 0 Å². The number of urea groups is 1. The quantitative estimate of drug-likeness (QED) is 0.651. The van der Waals surface area contributed by atoms with E-state index in [2.05, 4.69) is 26.6 Å². The Morgan fingerprint density at radius 2 is 1.66 bits per heavy atom. The number of hydrogen-bond acceptors (Lipinski definition) is 3. The molecule has 0 spiro atoms. The first-order chi connectivity index (χ1) is 15.3. The Balaban J connectivity index is 1.62. The van der Waals surface area contributed by atoms with Gasteiger partial charge in [-0.25, -0.2) is 4.79 Å². The van der Waals surface area contributed by atoms with Crippen molar-refractivity contribution in [3.63, 3.8) is 0 Å². The number of benzene rings is 2. The Morgan fingerprint density at radius 1 is 1.00 bits per heavy atom. The number of piperazine rings is 1. The van der Waals surface area contributed by atoms with Crippen LogP contribution in [0.25, 0.3) is 0 Å². The van der Waals surface area contributed by atoms with Gasteiger partial charge < -0.3 is 20.4 Å². The first-order valence-electron chi connectivity index (χ1n) is 10.7. The van der Waals surface area contributed by atoms with Gasteiger partial charge >= 0.3 is 6.03 Å². The summed E-state index contributed by atoms with van der Waals surface area (Å²) in [5.41, 5.74) is 1.27. The average molecular weight is 501 g/mol. The Kier molecular flexibility index (Phi) is 7.90. The molecule has 2 aromatic rings. The molecule has 1 saturated heterocycles. The Hall–Kier alpha value is -2.87. The van der Waals surface area contributed by atoms with Gasteiger partial charge in [0, 0.05) is 35.7 Å². The molecule has 0 bridgehead atoms. The van der Waals surface area contributed by atoms with Gasteiger partial charge in [0.25, 0.3) is 5.91 Å². The van der Waals surface area contributed by atoms with E-state index < -0.39 is 12.1 Å². The molecule has 3 rings (SSSR count). The van der Waals surface area contributed by atoms with Crippen molar-refractivity contribution >= 4 is 39.5 Å². The van der Waals surface area contributed by atoms with Crippen LogP contribution in [0.3, 0.4) is 0 Å². The number of carbonyl (C=O) groups excluding carboxylic acids is 3. The molecule has 1 aliphatic heterocycles. The third kappa shape index (κ3) is 5.68. The number of hydrogen-bond donors (Lipinski definition) is 2. The highest BCUT2D eigenvalue weighted by Crippen LogP contribution is 2.21. The fraction of sp³-hybridized carbons (Fsp3) is 0.375. The van der Waals surface area contributed by atoms with E-state index in [4.69, 9.17) is 0 Å². The van der Waals surface area contributed by atoms with Crippen molar-refractivity contribution in [3.8, 4) is 0 Å². The van der Waals surface area contributed by atoms with Gasteiger partial charge in [-0.05, 0) is 53.0 Å². The fourth-order valence-corrected chi connectivity index (χ4v) is 4.16. The number of amides is 4. The van der Waals surface area contributed by atoms with Crippen molar-refractivity contribution in [2.75, 3.05) is 25.0 Å². The minimum Gasteiger partial charge on any atom is -0.337 e. The second kappa shape index (κ2) is 10.6. The van der Waals surface area contributed by atoms with Gasteiger partial charge in [-0.1, -0.05) is 44.2 Å². The summed E-state index contributed by atoms with van der Waals surface area (Å²) in [5, 5.41) is 5.60. The maximum Gasteiger partial charge on any atom is 0.319 e. The number of nitrogens with one attached hydrogen (secondary N) is 2. The molecule has 0 radical (unpaired) electrons. The summed E-state index contributed by atoms with van der Waals surface area (Å²) in [5.74, 6) is -0.260. The van der Waals surface area contributed by atoms with E-state index in [0.717, 1.165) is 4.47 Å². The lowest BCUT2D eigenvalue weighted by Crippen LogP contribution is -2.60. The molecular formula is C24H29BrN4O3. The van der Waals surface area contributed by atoms with Gasteiger partial charge in [-0.15, -0.1) is 0 Å². The van der Waals surface area contributed by atoms with E-state index in [9.17, 15) is 14.4 Å². The van der Waals surface area contributed by atoms with Gasteiger partial charge in [0.2, 0.25) is 5.91 Å². The number of carbonyl (C=O) groups is 3. The van der Waals surface area contributed by atoms with Crippen LogP contribution in [0, 0.1) is 5.92 Å². The molecule has 170 valence electrons. The van der Waals surface area contributed by atoms with Gasteiger partial charge in [-0.2, -0.15) is 0 Å². The zero-order chi connectivity index (χ0) is 23.3. The molecule has 7 nitrogen and oxygen atoms in total. The van der Waals surface area contributed by atoms with Crippen molar-refractivity contribution in [3.05, 3.63) is 64.6 Å². The molecule has 1 aliphatic rings. The highest BCUT2D eigenvalue weighted by molar-refractivity contribution is 9.10. The lowest BCUT2D eigenvalue weighted by molar-refractivity contribution is -0.136. The summed E-state index contributed by atoms with van der Waals surface area (Å²) in [6.07, 6.45) is 0. The van der Waals surface area contributed by atoms with Crippen LogP contribution in [0.4, 0.5) is 10.5 Å². The van der Waals surface area contributed by atoms with Crippen LogP contribution in [0.15, 0.2) is 59.1 Å². The monoisotopic (exact) mass is 500 g/mol. The van der Waals surface area contributed by atoms with E-state index in [1.165, 1.54) is 0 Å². The van der Waals surface area contributed by atoms with E-state index in [1.807, 2.05) is 57.2 Å². The number of nitrogens with zero attached hydrogens (tertiary/aromatic N) is 2. The second-order valence-electron chi connectivity index (χ2n) is 8.30. The Bertz CT molecular complexity index is 967. The third-order valence-electron chi connectivity index (χ3n) is 5.56. The maximum absolute atomic E-state index is 13.3. The number of rotatable bonds is 5. The smallest absolute Gasteiger partial charge is 0.319 e. The lowest BCUT2D eigenvalue weighted by Gasteiger charge is -2.41. The minimum absolute atomic E-state index is 0.0310. The van der Waals surface area contributed by atoms with Crippen molar-refractivity contribution < 1.29 is 14.4 Å². The van der Waals surface area contributed by atoms with Crippen molar-refractivity contribution in [1.29, 1.82) is 0 Å². The van der Waals surface area contributed by atoms with Crippen LogP contribution < -0.4 is 10.6 Å². The Morgan fingerprint density at radius 3 is 2.28 bits per heavy atom. The van der Waals surface area contributed by atoms with Crippen LogP contribution in [0.5, 0.6) is 0 Å². The molecule has 2 atom stereocenters. The molecule has 2 unspecified atom stereocenters. The second-order valence-corrected chi connectivity index (χ2v) is 9.15. The zero-order valence-corrected chi connectivity index (χ0v) is 20.1. The molecule has 4 amide bonds. The van der Waals surface area contributed by atoms with Gasteiger partial charge in [0.1, 0.15) is 6.04 Å². The lowest BCUT2D eigenvalue weighted by atomic mass is 10.0. The molecule has 1 heterocycles. The molecule has 2 aromatic carbocycles.